The van der Waals surface area contributed by atoms with Crippen molar-refractivity contribution in [3.63, 3.8) is 0 Å². The molecule has 8 heteroatoms. The second kappa shape index (κ2) is 5.81. The number of carboxylic acids is 1. The third-order valence-corrected chi connectivity index (χ3v) is 5.18. The Morgan fingerprint density at radius 3 is 2.65 bits per heavy atom. The van der Waals surface area contributed by atoms with E-state index < -0.39 is 22.0 Å². The fourth-order valence-electron chi connectivity index (χ4n) is 1.21. The first-order chi connectivity index (χ1) is 7.86. The SMILES string of the molecule is CCCC(NS(=O)(=O)c1ccc(Cl)s1)C(=O)O. The molecule has 1 atom stereocenters. The first-order valence-electron chi connectivity index (χ1n) is 4.87. The van der Waals surface area contributed by atoms with E-state index in [2.05, 4.69) is 4.72 Å². The van der Waals surface area contributed by atoms with Crippen molar-refractivity contribution < 1.29 is 18.3 Å². The van der Waals surface area contributed by atoms with Crippen LogP contribution in [0.2, 0.25) is 4.34 Å². The maximum absolute atomic E-state index is 11.8. The predicted molar refractivity (Wildman–Crippen MR) is 66.0 cm³/mol. The van der Waals surface area contributed by atoms with Crippen molar-refractivity contribution in [1.29, 1.82) is 0 Å². The van der Waals surface area contributed by atoms with Gasteiger partial charge in [-0.15, -0.1) is 11.3 Å². The summed E-state index contributed by atoms with van der Waals surface area (Å²) in [6.45, 7) is 1.78. The van der Waals surface area contributed by atoms with Crippen LogP contribution in [0.3, 0.4) is 0 Å². The number of hydrogen-bond donors (Lipinski definition) is 2. The molecule has 1 aromatic heterocycles. The Labute approximate surface area is 108 Å². The molecule has 1 rings (SSSR count). The minimum absolute atomic E-state index is 0.0184. The Morgan fingerprint density at radius 2 is 2.24 bits per heavy atom. The summed E-state index contributed by atoms with van der Waals surface area (Å²) >= 11 is 6.53. The molecular weight excluding hydrogens is 286 g/mol. The lowest BCUT2D eigenvalue weighted by atomic mass is 10.2. The van der Waals surface area contributed by atoms with Crippen LogP contribution in [-0.4, -0.2) is 25.5 Å². The standard InChI is InChI=1S/C9H12ClNO4S2/c1-2-3-6(9(12)13)11-17(14,15)8-5-4-7(10)16-8/h4-6,11H,2-3H2,1H3,(H,12,13). The summed E-state index contributed by atoms with van der Waals surface area (Å²) < 4.78 is 26.1. The topological polar surface area (TPSA) is 83.5 Å². The van der Waals surface area contributed by atoms with E-state index in [1.807, 2.05) is 0 Å². The van der Waals surface area contributed by atoms with E-state index in [0.717, 1.165) is 11.3 Å². The van der Waals surface area contributed by atoms with Crippen LogP contribution in [0.25, 0.3) is 0 Å². The van der Waals surface area contributed by atoms with Gasteiger partial charge in [-0.05, 0) is 18.6 Å². The van der Waals surface area contributed by atoms with Gasteiger partial charge in [0.15, 0.2) is 0 Å². The Balaban J connectivity index is 2.88. The van der Waals surface area contributed by atoms with E-state index in [0.29, 0.717) is 10.8 Å². The molecule has 1 aromatic rings. The van der Waals surface area contributed by atoms with Crippen molar-refractivity contribution >= 4 is 38.9 Å². The Bertz CT molecular complexity index is 497. The van der Waals surface area contributed by atoms with Crippen molar-refractivity contribution in [3.05, 3.63) is 16.5 Å². The highest BCUT2D eigenvalue weighted by Gasteiger charge is 2.25. The lowest BCUT2D eigenvalue weighted by Gasteiger charge is -2.12. The molecule has 0 aliphatic rings. The fraction of sp³-hybridized carbons (Fsp3) is 0.444. The third kappa shape index (κ3) is 3.95. The number of aliphatic carboxylic acids is 1. The highest BCUT2D eigenvalue weighted by atomic mass is 35.5. The number of carbonyl (C=O) groups is 1. The zero-order valence-electron chi connectivity index (χ0n) is 9.01. The van der Waals surface area contributed by atoms with Gasteiger partial charge in [0.25, 0.3) is 10.0 Å². The number of thiophene rings is 1. The zero-order chi connectivity index (χ0) is 13.1. The summed E-state index contributed by atoms with van der Waals surface area (Å²) in [6, 6.07) is 1.70. The van der Waals surface area contributed by atoms with Gasteiger partial charge in [0.05, 0.1) is 4.34 Å². The smallest absolute Gasteiger partial charge is 0.321 e. The molecule has 96 valence electrons. The van der Waals surface area contributed by atoms with E-state index in [-0.39, 0.29) is 10.6 Å². The van der Waals surface area contributed by atoms with E-state index in [1.54, 1.807) is 6.92 Å². The minimum atomic E-state index is -3.80. The van der Waals surface area contributed by atoms with Crippen molar-refractivity contribution in [2.45, 2.75) is 30.0 Å². The third-order valence-electron chi connectivity index (χ3n) is 1.99. The monoisotopic (exact) mass is 297 g/mol. The van der Waals surface area contributed by atoms with Gasteiger partial charge < -0.3 is 5.11 Å². The number of halogens is 1. The maximum atomic E-state index is 11.8. The van der Waals surface area contributed by atoms with Gasteiger partial charge in [0.2, 0.25) is 0 Å². The highest BCUT2D eigenvalue weighted by Crippen LogP contribution is 2.25. The second-order valence-corrected chi connectivity index (χ2v) is 7.02. The summed E-state index contributed by atoms with van der Waals surface area (Å²) in [5.74, 6) is -1.18. The van der Waals surface area contributed by atoms with Crippen LogP contribution < -0.4 is 4.72 Å². The molecule has 0 aliphatic carbocycles. The van der Waals surface area contributed by atoms with Crippen molar-refractivity contribution in [1.82, 2.24) is 4.72 Å². The predicted octanol–water partition coefficient (Wildman–Crippen LogP) is 1.93. The molecular formula is C9H12ClNO4S2. The lowest BCUT2D eigenvalue weighted by molar-refractivity contribution is -0.139. The molecule has 0 amide bonds. The number of sulfonamides is 1. The van der Waals surface area contributed by atoms with Crippen molar-refractivity contribution in [3.8, 4) is 0 Å². The van der Waals surface area contributed by atoms with Crippen LogP contribution in [0.15, 0.2) is 16.3 Å². The van der Waals surface area contributed by atoms with Gasteiger partial charge in [0.1, 0.15) is 10.3 Å². The molecule has 0 bridgehead atoms. The number of nitrogens with one attached hydrogen (secondary N) is 1. The molecule has 2 N–H and O–H groups in total. The van der Waals surface area contributed by atoms with Crippen LogP contribution in [0.4, 0.5) is 0 Å². The molecule has 17 heavy (non-hydrogen) atoms. The Hall–Kier alpha value is -0.630. The molecule has 0 saturated carbocycles. The largest absolute Gasteiger partial charge is 0.480 e. The molecule has 0 fully saturated rings. The van der Waals surface area contributed by atoms with E-state index in [1.165, 1.54) is 12.1 Å². The summed E-state index contributed by atoms with van der Waals surface area (Å²) in [4.78, 5) is 10.9. The van der Waals surface area contributed by atoms with Crippen LogP contribution in [0.1, 0.15) is 19.8 Å². The molecule has 0 spiro atoms. The van der Waals surface area contributed by atoms with Crippen molar-refractivity contribution in [2.24, 2.45) is 0 Å². The molecule has 5 nitrogen and oxygen atoms in total. The second-order valence-electron chi connectivity index (χ2n) is 3.36. The first-order valence-corrected chi connectivity index (χ1v) is 7.55. The summed E-state index contributed by atoms with van der Waals surface area (Å²) in [5, 5.41) is 8.87. The Morgan fingerprint density at radius 1 is 1.59 bits per heavy atom. The molecule has 0 saturated heterocycles. The minimum Gasteiger partial charge on any atom is -0.480 e. The first kappa shape index (κ1) is 14.4. The molecule has 0 aliphatic heterocycles. The molecule has 1 unspecified atom stereocenters. The molecule has 0 aromatic carbocycles. The van der Waals surface area contributed by atoms with Crippen LogP contribution in [0.5, 0.6) is 0 Å². The van der Waals surface area contributed by atoms with Gasteiger partial charge in [-0.2, -0.15) is 4.72 Å². The Kier molecular flexibility index (Phi) is 4.93. The van der Waals surface area contributed by atoms with Crippen LogP contribution in [0, 0.1) is 0 Å². The maximum Gasteiger partial charge on any atom is 0.321 e. The summed E-state index contributed by atoms with van der Waals surface area (Å²) in [6.07, 6.45) is 0.818. The highest BCUT2D eigenvalue weighted by molar-refractivity contribution is 7.91. The fourth-order valence-corrected chi connectivity index (χ4v) is 3.93. The lowest BCUT2D eigenvalue weighted by Crippen LogP contribution is -2.40. The van der Waals surface area contributed by atoms with Gasteiger partial charge in [-0.3, -0.25) is 4.79 Å². The van der Waals surface area contributed by atoms with E-state index >= 15 is 0 Å². The summed E-state index contributed by atoms with van der Waals surface area (Å²) in [5.41, 5.74) is 0. The molecule has 1 heterocycles. The van der Waals surface area contributed by atoms with Gasteiger partial charge in [0, 0.05) is 0 Å². The summed E-state index contributed by atoms with van der Waals surface area (Å²) in [7, 11) is -3.80. The van der Waals surface area contributed by atoms with E-state index in [4.69, 9.17) is 16.7 Å². The average molecular weight is 298 g/mol. The van der Waals surface area contributed by atoms with E-state index in [9.17, 15) is 13.2 Å². The zero-order valence-corrected chi connectivity index (χ0v) is 11.4. The van der Waals surface area contributed by atoms with Crippen molar-refractivity contribution in [2.75, 3.05) is 0 Å². The quantitative estimate of drug-likeness (QED) is 0.840. The van der Waals surface area contributed by atoms with Crippen LogP contribution in [-0.2, 0) is 14.8 Å². The molecule has 0 radical (unpaired) electrons. The van der Waals surface area contributed by atoms with Crippen LogP contribution >= 0.6 is 22.9 Å². The number of rotatable bonds is 6. The van der Waals surface area contributed by atoms with Gasteiger partial charge in [-0.25, -0.2) is 8.42 Å². The number of carboxylic acid groups (broad SMARTS) is 1. The van der Waals surface area contributed by atoms with Gasteiger partial charge >= 0.3 is 5.97 Å². The normalized spacial score (nSPS) is 13.5. The van der Waals surface area contributed by atoms with Gasteiger partial charge in [-0.1, -0.05) is 24.9 Å². The average Bonchev–Trinajstić information content (AvgIpc) is 2.64. The number of hydrogen-bond acceptors (Lipinski definition) is 4.